The Labute approximate surface area is 114 Å². The summed E-state index contributed by atoms with van der Waals surface area (Å²) < 4.78 is 0. The third-order valence-corrected chi connectivity index (χ3v) is 2.69. The molecule has 0 aliphatic heterocycles. The van der Waals surface area contributed by atoms with Crippen molar-refractivity contribution < 1.29 is 15.0 Å². The number of anilines is 1. The summed E-state index contributed by atoms with van der Waals surface area (Å²) in [5, 5.41) is 21.4. The normalized spacial score (nSPS) is 10.2. The van der Waals surface area contributed by atoms with Gasteiger partial charge in [0.15, 0.2) is 5.15 Å². The summed E-state index contributed by atoms with van der Waals surface area (Å²) in [6.07, 6.45) is 1.58. The molecule has 0 spiro atoms. The van der Waals surface area contributed by atoms with E-state index in [4.69, 9.17) is 11.6 Å². The highest BCUT2D eigenvalue weighted by Gasteiger charge is 2.11. The van der Waals surface area contributed by atoms with E-state index >= 15 is 0 Å². The summed E-state index contributed by atoms with van der Waals surface area (Å²) in [5.41, 5.74) is 1.34. The Morgan fingerprint density at radius 3 is 2.47 bits per heavy atom. The van der Waals surface area contributed by atoms with Crippen LogP contribution in [0.4, 0.5) is 5.69 Å². The zero-order chi connectivity index (χ0) is 14.0. The minimum atomic E-state index is -0.500. The molecule has 1 aromatic carbocycles. The minimum absolute atomic E-state index is 0.120. The van der Waals surface area contributed by atoms with Gasteiger partial charge in [-0.3, -0.25) is 4.79 Å². The average molecular weight is 279 g/mol. The molecule has 5 nitrogen and oxygen atoms in total. The van der Waals surface area contributed by atoms with Crippen LogP contribution in [-0.4, -0.2) is 21.1 Å². The highest BCUT2D eigenvalue weighted by Crippen LogP contribution is 2.23. The molecule has 3 N–H and O–H groups in total. The summed E-state index contributed by atoms with van der Waals surface area (Å²) in [6.45, 7) is 1.82. The largest absolute Gasteiger partial charge is 0.508 e. The predicted molar refractivity (Wildman–Crippen MR) is 71.7 cm³/mol. The number of halogens is 1. The number of phenols is 2. The predicted octanol–water partition coefficient (Wildman–Crippen LogP) is 2.71. The number of phenolic OH excluding ortho intramolecular Hbond substituents is 2. The lowest BCUT2D eigenvalue weighted by Gasteiger charge is -2.08. The lowest BCUT2D eigenvalue weighted by Crippen LogP contribution is -2.12. The number of benzene rings is 1. The van der Waals surface area contributed by atoms with Crippen LogP contribution in [0.1, 0.15) is 15.9 Å². The molecule has 98 valence electrons. The lowest BCUT2D eigenvalue weighted by atomic mass is 10.2. The maximum Gasteiger partial charge on any atom is 0.256 e. The quantitative estimate of drug-likeness (QED) is 0.738. The van der Waals surface area contributed by atoms with Crippen molar-refractivity contribution in [1.29, 1.82) is 0 Å². The Morgan fingerprint density at radius 2 is 1.84 bits per heavy atom. The smallest absolute Gasteiger partial charge is 0.256 e. The van der Waals surface area contributed by atoms with Gasteiger partial charge in [-0.2, -0.15) is 0 Å². The van der Waals surface area contributed by atoms with Crippen molar-refractivity contribution in [2.45, 2.75) is 6.92 Å². The molecule has 19 heavy (non-hydrogen) atoms. The van der Waals surface area contributed by atoms with E-state index in [9.17, 15) is 15.0 Å². The van der Waals surface area contributed by atoms with Crippen molar-refractivity contribution in [3.05, 3.63) is 46.7 Å². The van der Waals surface area contributed by atoms with E-state index in [0.717, 1.165) is 11.6 Å². The number of hydrogen-bond donors (Lipinski definition) is 3. The van der Waals surface area contributed by atoms with Gasteiger partial charge >= 0.3 is 0 Å². The molecule has 1 aromatic heterocycles. The highest BCUT2D eigenvalue weighted by atomic mass is 35.5. The van der Waals surface area contributed by atoms with Crippen LogP contribution in [0.15, 0.2) is 30.5 Å². The number of amides is 1. The third-order valence-electron chi connectivity index (χ3n) is 2.39. The zero-order valence-electron chi connectivity index (χ0n) is 10.0. The van der Waals surface area contributed by atoms with Crippen LogP contribution in [-0.2, 0) is 0 Å². The summed E-state index contributed by atoms with van der Waals surface area (Å²) in [4.78, 5) is 15.9. The molecular weight excluding hydrogens is 268 g/mol. The van der Waals surface area contributed by atoms with E-state index in [-0.39, 0.29) is 22.2 Å². The molecular formula is C13H11ClN2O3. The summed E-state index contributed by atoms with van der Waals surface area (Å²) in [7, 11) is 0. The number of nitrogens with one attached hydrogen (secondary N) is 1. The first-order valence-corrected chi connectivity index (χ1v) is 5.80. The second-order valence-electron chi connectivity index (χ2n) is 4.04. The van der Waals surface area contributed by atoms with Gasteiger partial charge in [-0.15, -0.1) is 0 Å². The SMILES string of the molecule is Cc1cnc(Cl)c(NC(=O)c2cc(O)cc(O)c2)c1. The fourth-order valence-electron chi connectivity index (χ4n) is 1.56. The van der Waals surface area contributed by atoms with Crippen LogP contribution < -0.4 is 5.32 Å². The molecule has 0 unspecified atom stereocenters. The molecule has 1 heterocycles. The molecule has 0 radical (unpaired) electrons. The fourth-order valence-corrected chi connectivity index (χ4v) is 1.71. The van der Waals surface area contributed by atoms with Gasteiger partial charge < -0.3 is 15.5 Å². The second-order valence-corrected chi connectivity index (χ2v) is 4.40. The first-order valence-electron chi connectivity index (χ1n) is 5.42. The van der Waals surface area contributed by atoms with Crippen molar-refractivity contribution in [1.82, 2.24) is 4.98 Å². The standard InChI is InChI=1S/C13H11ClN2O3/c1-7-2-11(12(14)15-6-7)16-13(19)8-3-9(17)5-10(18)4-8/h2-6,17-18H,1H3,(H,16,19). The van der Waals surface area contributed by atoms with Gasteiger partial charge in [-0.05, 0) is 30.7 Å². The summed E-state index contributed by atoms with van der Waals surface area (Å²) in [6, 6.07) is 5.30. The second kappa shape index (κ2) is 5.16. The van der Waals surface area contributed by atoms with Crippen LogP contribution in [0.5, 0.6) is 11.5 Å². The molecule has 0 bridgehead atoms. The van der Waals surface area contributed by atoms with Gasteiger partial charge in [0, 0.05) is 17.8 Å². The van der Waals surface area contributed by atoms with E-state index in [1.807, 2.05) is 6.92 Å². The number of rotatable bonds is 2. The van der Waals surface area contributed by atoms with Crippen LogP contribution >= 0.6 is 11.6 Å². The van der Waals surface area contributed by atoms with Gasteiger partial charge in [0.1, 0.15) is 11.5 Å². The number of aromatic nitrogens is 1. The van der Waals surface area contributed by atoms with Crippen LogP contribution in [0.3, 0.4) is 0 Å². The average Bonchev–Trinajstić information content (AvgIpc) is 2.32. The topological polar surface area (TPSA) is 82.5 Å². The molecule has 1 amide bonds. The lowest BCUT2D eigenvalue weighted by molar-refractivity contribution is 0.102. The first kappa shape index (κ1) is 13.2. The van der Waals surface area contributed by atoms with Gasteiger partial charge in [-0.25, -0.2) is 4.98 Å². The van der Waals surface area contributed by atoms with Crippen molar-refractivity contribution in [2.75, 3.05) is 5.32 Å². The highest BCUT2D eigenvalue weighted by molar-refractivity contribution is 6.32. The molecule has 2 rings (SSSR count). The molecule has 0 atom stereocenters. The number of hydrogen-bond acceptors (Lipinski definition) is 4. The number of nitrogens with zero attached hydrogens (tertiary/aromatic N) is 1. The van der Waals surface area contributed by atoms with E-state index in [1.54, 1.807) is 12.3 Å². The minimum Gasteiger partial charge on any atom is -0.508 e. The molecule has 0 aliphatic rings. The number of aryl methyl sites for hydroxylation is 1. The van der Waals surface area contributed by atoms with Gasteiger partial charge in [0.05, 0.1) is 5.69 Å². The Balaban J connectivity index is 2.28. The van der Waals surface area contributed by atoms with E-state index < -0.39 is 5.91 Å². The van der Waals surface area contributed by atoms with E-state index in [0.29, 0.717) is 5.69 Å². The molecule has 6 heteroatoms. The van der Waals surface area contributed by atoms with Crippen molar-refractivity contribution >= 4 is 23.2 Å². The number of aromatic hydroxyl groups is 2. The molecule has 0 saturated heterocycles. The van der Waals surface area contributed by atoms with Crippen molar-refractivity contribution in [3.8, 4) is 11.5 Å². The molecule has 2 aromatic rings. The Kier molecular flexibility index (Phi) is 3.57. The van der Waals surface area contributed by atoms with Gasteiger partial charge in [0.2, 0.25) is 0 Å². The van der Waals surface area contributed by atoms with Gasteiger partial charge in [-0.1, -0.05) is 11.6 Å². The van der Waals surface area contributed by atoms with E-state index in [1.165, 1.54) is 12.1 Å². The first-order chi connectivity index (χ1) is 8.95. The Hall–Kier alpha value is -2.27. The van der Waals surface area contributed by atoms with Gasteiger partial charge in [0.25, 0.3) is 5.91 Å². The van der Waals surface area contributed by atoms with E-state index in [2.05, 4.69) is 10.3 Å². The Morgan fingerprint density at radius 1 is 1.21 bits per heavy atom. The zero-order valence-corrected chi connectivity index (χ0v) is 10.8. The summed E-state index contributed by atoms with van der Waals surface area (Å²) >= 11 is 5.87. The van der Waals surface area contributed by atoms with Crippen molar-refractivity contribution in [3.63, 3.8) is 0 Å². The maximum absolute atomic E-state index is 12.0. The van der Waals surface area contributed by atoms with Crippen LogP contribution in [0, 0.1) is 6.92 Å². The van der Waals surface area contributed by atoms with Crippen molar-refractivity contribution in [2.24, 2.45) is 0 Å². The molecule has 0 aliphatic carbocycles. The summed E-state index contributed by atoms with van der Waals surface area (Å²) in [5.74, 6) is -0.891. The molecule has 0 fully saturated rings. The van der Waals surface area contributed by atoms with Crippen LogP contribution in [0.2, 0.25) is 5.15 Å². The maximum atomic E-state index is 12.0. The molecule has 0 saturated carbocycles. The fraction of sp³-hybridized carbons (Fsp3) is 0.0769. The number of carbonyl (C=O) groups excluding carboxylic acids is 1. The van der Waals surface area contributed by atoms with Crippen LogP contribution in [0.25, 0.3) is 0 Å². The number of carbonyl (C=O) groups is 1. The number of pyridine rings is 1. The monoisotopic (exact) mass is 278 g/mol. The Bertz CT molecular complexity index is 624. The third kappa shape index (κ3) is 3.14.